The maximum Gasteiger partial charge on any atom is 0.193 e. The number of nitrogens with one attached hydrogen (secondary N) is 1. The Hall–Kier alpha value is -1.63. The van der Waals surface area contributed by atoms with E-state index in [9.17, 15) is 0 Å². The van der Waals surface area contributed by atoms with Crippen LogP contribution in [0.4, 0.5) is 0 Å². The van der Waals surface area contributed by atoms with Crippen molar-refractivity contribution in [1.82, 2.24) is 29.9 Å². The Morgan fingerprint density at radius 1 is 1.25 bits per heavy atom. The summed E-state index contributed by atoms with van der Waals surface area (Å²) < 4.78 is 1.80. The maximum absolute atomic E-state index is 4.36. The van der Waals surface area contributed by atoms with Crippen molar-refractivity contribution in [1.29, 1.82) is 0 Å². The zero-order valence-electron chi connectivity index (χ0n) is 15.5. The number of hydrogen-bond acceptors (Lipinski definition) is 4. The van der Waals surface area contributed by atoms with E-state index in [4.69, 9.17) is 0 Å². The Morgan fingerprint density at radius 2 is 2.04 bits per heavy atom. The zero-order valence-corrected chi connectivity index (χ0v) is 15.5. The molecular weight excluding hydrogens is 302 g/mol. The molecule has 0 atom stereocenters. The third kappa shape index (κ3) is 6.11. The Bertz CT molecular complexity index is 491. The van der Waals surface area contributed by atoms with Gasteiger partial charge in [-0.3, -0.25) is 9.67 Å². The molecule has 2 heterocycles. The van der Waals surface area contributed by atoms with Crippen molar-refractivity contribution >= 4 is 5.96 Å². The van der Waals surface area contributed by atoms with Crippen molar-refractivity contribution < 1.29 is 0 Å². The summed E-state index contributed by atoms with van der Waals surface area (Å²) in [5.41, 5.74) is 0. The van der Waals surface area contributed by atoms with Gasteiger partial charge in [-0.25, -0.2) is 4.98 Å². The number of aryl methyl sites for hydroxylation is 1. The molecule has 1 aromatic heterocycles. The fourth-order valence-electron chi connectivity index (χ4n) is 3.16. The summed E-state index contributed by atoms with van der Waals surface area (Å²) in [6, 6.07) is 0. The van der Waals surface area contributed by atoms with E-state index in [1.54, 1.807) is 11.0 Å². The molecule has 1 saturated heterocycles. The van der Waals surface area contributed by atoms with Crippen molar-refractivity contribution in [2.45, 2.75) is 45.1 Å². The van der Waals surface area contributed by atoms with Crippen LogP contribution < -0.4 is 5.32 Å². The van der Waals surface area contributed by atoms with E-state index < -0.39 is 0 Å². The van der Waals surface area contributed by atoms with Gasteiger partial charge in [-0.1, -0.05) is 12.8 Å². The summed E-state index contributed by atoms with van der Waals surface area (Å²) in [7, 11) is 5.76. The molecule has 0 saturated carbocycles. The van der Waals surface area contributed by atoms with Crippen LogP contribution in [-0.4, -0.2) is 70.8 Å². The van der Waals surface area contributed by atoms with Crippen LogP contribution >= 0.6 is 0 Å². The summed E-state index contributed by atoms with van der Waals surface area (Å²) in [6.07, 6.45) is 9.53. The van der Waals surface area contributed by atoms with Crippen LogP contribution in [0.1, 0.15) is 44.3 Å². The molecule has 1 aromatic rings. The van der Waals surface area contributed by atoms with Crippen LogP contribution in [0.15, 0.2) is 11.3 Å². The molecule has 0 aliphatic carbocycles. The molecule has 1 N–H and O–H groups in total. The van der Waals surface area contributed by atoms with E-state index in [1.807, 2.05) is 21.1 Å². The number of piperidine rings is 1. The predicted molar refractivity (Wildman–Crippen MR) is 98.0 cm³/mol. The fraction of sp³-hybridized carbons (Fsp3) is 0.824. The monoisotopic (exact) mass is 335 g/mol. The highest BCUT2D eigenvalue weighted by Gasteiger charge is 2.10. The molecule has 2 rings (SSSR count). The zero-order chi connectivity index (χ0) is 17.2. The van der Waals surface area contributed by atoms with Gasteiger partial charge >= 0.3 is 0 Å². The highest BCUT2D eigenvalue weighted by molar-refractivity contribution is 5.79. The van der Waals surface area contributed by atoms with Crippen molar-refractivity contribution in [2.75, 3.05) is 40.3 Å². The quantitative estimate of drug-likeness (QED) is 0.443. The van der Waals surface area contributed by atoms with Crippen LogP contribution in [0.3, 0.4) is 0 Å². The largest absolute Gasteiger partial charge is 0.356 e. The minimum absolute atomic E-state index is 0.700. The Labute approximate surface area is 146 Å². The molecule has 0 amide bonds. The molecule has 0 bridgehead atoms. The number of nitrogens with zero attached hydrogens (tertiary/aromatic N) is 6. The summed E-state index contributed by atoms with van der Waals surface area (Å²) in [5.74, 6) is 1.84. The smallest absolute Gasteiger partial charge is 0.193 e. The third-order valence-electron chi connectivity index (χ3n) is 4.64. The average Bonchev–Trinajstić information content (AvgIpc) is 3.00. The van der Waals surface area contributed by atoms with Gasteiger partial charge < -0.3 is 15.1 Å². The van der Waals surface area contributed by atoms with Crippen LogP contribution in [0.25, 0.3) is 0 Å². The molecule has 0 spiro atoms. The highest BCUT2D eigenvalue weighted by Crippen LogP contribution is 2.09. The fourth-order valence-corrected chi connectivity index (χ4v) is 3.16. The normalized spacial score (nSPS) is 16.4. The second-order valence-electron chi connectivity index (χ2n) is 6.59. The minimum Gasteiger partial charge on any atom is -0.356 e. The number of aliphatic imine (C=N–C) groups is 1. The molecule has 0 aromatic carbocycles. The van der Waals surface area contributed by atoms with Gasteiger partial charge in [-0.05, 0) is 45.3 Å². The van der Waals surface area contributed by atoms with E-state index >= 15 is 0 Å². The summed E-state index contributed by atoms with van der Waals surface area (Å²) in [6.45, 7) is 5.54. The lowest BCUT2D eigenvalue weighted by molar-refractivity contribution is 0.224. The first kappa shape index (κ1) is 18.7. The number of aromatic nitrogens is 3. The maximum atomic E-state index is 4.36. The van der Waals surface area contributed by atoms with Crippen molar-refractivity contribution in [3.8, 4) is 0 Å². The second kappa shape index (κ2) is 10.3. The third-order valence-corrected chi connectivity index (χ3v) is 4.64. The average molecular weight is 336 g/mol. The number of hydrogen-bond donors (Lipinski definition) is 1. The molecule has 0 unspecified atom stereocenters. The molecular formula is C17H33N7. The lowest BCUT2D eigenvalue weighted by Crippen LogP contribution is -2.39. The highest BCUT2D eigenvalue weighted by atomic mass is 15.4. The molecule has 1 aliphatic rings. The van der Waals surface area contributed by atoms with Gasteiger partial charge in [0.25, 0.3) is 0 Å². The minimum atomic E-state index is 0.700. The van der Waals surface area contributed by atoms with E-state index in [2.05, 4.69) is 30.2 Å². The molecule has 0 radical (unpaired) electrons. The molecule has 1 aliphatic heterocycles. The van der Waals surface area contributed by atoms with Gasteiger partial charge in [0.2, 0.25) is 0 Å². The van der Waals surface area contributed by atoms with E-state index in [0.29, 0.717) is 6.54 Å². The topological polar surface area (TPSA) is 61.6 Å². The van der Waals surface area contributed by atoms with Crippen LogP contribution in [0, 0.1) is 0 Å². The van der Waals surface area contributed by atoms with Gasteiger partial charge in [0.05, 0.1) is 6.54 Å². The Kier molecular flexibility index (Phi) is 8.01. The van der Waals surface area contributed by atoms with Crippen LogP contribution in [0.2, 0.25) is 0 Å². The summed E-state index contributed by atoms with van der Waals surface area (Å²) in [4.78, 5) is 13.3. The first-order valence-corrected chi connectivity index (χ1v) is 9.17. The molecule has 7 heteroatoms. The van der Waals surface area contributed by atoms with E-state index in [0.717, 1.165) is 18.3 Å². The predicted octanol–water partition coefficient (Wildman–Crippen LogP) is 1.48. The molecule has 1 fully saturated rings. The first-order valence-electron chi connectivity index (χ1n) is 9.17. The summed E-state index contributed by atoms with van der Waals surface area (Å²) in [5, 5.41) is 7.55. The lowest BCUT2D eigenvalue weighted by Gasteiger charge is -2.26. The van der Waals surface area contributed by atoms with E-state index in [1.165, 1.54) is 58.2 Å². The molecule has 136 valence electrons. The SMILES string of the molecule is CN=C(NCCCCCN1CCCCC1)N(C)Cc1ncnn1C. The van der Waals surface area contributed by atoms with Crippen LogP contribution in [0.5, 0.6) is 0 Å². The van der Waals surface area contributed by atoms with Crippen molar-refractivity contribution in [3.63, 3.8) is 0 Å². The number of likely N-dealkylation sites (tertiary alicyclic amines) is 1. The van der Waals surface area contributed by atoms with Crippen molar-refractivity contribution in [2.24, 2.45) is 12.0 Å². The van der Waals surface area contributed by atoms with E-state index in [-0.39, 0.29) is 0 Å². The molecule has 7 nitrogen and oxygen atoms in total. The van der Waals surface area contributed by atoms with Gasteiger partial charge in [0, 0.05) is 27.7 Å². The number of rotatable bonds is 8. The number of unbranched alkanes of at least 4 members (excludes halogenated alkanes) is 2. The van der Waals surface area contributed by atoms with Crippen molar-refractivity contribution in [3.05, 3.63) is 12.2 Å². The standard InChI is InChI=1S/C17H33N7/c1-18-17(22(2)14-16-20-15-21-23(16)3)19-10-6-4-7-11-24-12-8-5-9-13-24/h15H,4-14H2,1-3H3,(H,18,19). The Morgan fingerprint density at radius 3 is 2.71 bits per heavy atom. The number of guanidine groups is 1. The summed E-state index contributed by atoms with van der Waals surface area (Å²) >= 11 is 0. The van der Waals surface area contributed by atoms with Gasteiger partial charge in [0.1, 0.15) is 12.2 Å². The van der Waals surface area contributed by atoms with Gasteiger partial charge in [0.15, 0.2) is 5.96 Å². The van der Waals surface area contributed by atoms with Gasteiger partial charge in [-0.15, -0.1) is 0 Å². The van der Waals surface area contributed by atoms with Gasteiger partial charge in [-0.2, -0.15) is 5.10 Å². The first-order chi connectivity index (χ1) is 11.7. The second-order valence-corrected chi connectivity index (χ2v) is 6.59. The lowest BCUT2D eigenvalue weighted by atomic mass is 10.1. The van der Waals surface area contributed by atoms with Crippen LogP contribution in [-0.2, 0) is 13.6 Å². The Balaban J connectivity index is 1.58. The molecule has 24 heavy (non-hydrogen) atoms.